The van der Waals surface area contributed by atoms with Crippen LogP contribution in [0.5, 0.6) is 0 Å². The van der Waals surface area contributed by atoms with Crippen LogP contribution >= 0.6 is 0 Å². The number of halogens is 3. The van der Waals surface area contributed by atoms with Crippen LogP contribution in [-0.4, -0.2) is 18.6 Å². The standard InChI is InChI=1S/C15H21F3N2/c1-11(10-14-4-2-3-9-19-14)20-13-7-5-12(6-8-13)15(16,17)18/h5-8,11,14,19-20H,2-4,9-10H2,1H3. The monoisotopic (exact) mass is 286 g/mol. The van der Waals surface area contributed by atoms with Crippen LogP contribution in [0.3, 0.4) is 0 Å². The molecule has 1 aliphatic rings. The van der Waals surface area contributed by atoms with E-state index in [-0.39, 0.29) is 6.04 Å². The van der Waals surface area contributed by atoms with E-state index < -0.39 is 11.7 Å². The van der Waals surface area contributed by atoms with Gasteiger partial charge in [-0.25, -0.2) is 0 Å². The molecule has 0 spiro atoms. The fourth-order valence-corrected chi connectivity index (χ4v) is 2.65. The van der Waals surface area contributed by atoms with E-state index in [0.717, 1.165) is 30.8 Å². The van der Waals surface area contributed by atoms with E-state index >= 15 is 0 Å². The maximum absolute atomic E-state index is 12.5. The number of benzene rings is 1. The summed E-state index contributed by atoms with van der Waals surface area (Å²) in [4.78, 5) is 0. The van der Waals surface area contributed by atoms with Crippen LogP contribution in [0.25, 0.3) is 0 Å². The molecule has 0 saturated carbocycles. The van der Waals surface area contributed by atoms with Crippen molar-refractivity contribution in [2.75, 3.05) is 11.9 Å². The zero-order valence-corrected chi connectivity index (χ0v) is 11.6. The summed E-state index contributed by atoms with van der Waals surface area (Å²) in [6.45, 7) is 3.13. The van der Waals surface area contributed by atoms with E-state index in [1.54, 1.807) is 0 Å². The molecule has 2 atom stereocenters. The second-order valence-electron chi connectivity index (χ2n) is 5.50. The summed E-state index contributed by atoms with van der Waals surface area (Å²) in [6, 6.07) is 5.98. The van der Waals surface area contributed by atoms with Gasteiger partial charge in [-0.1, -0.05) is 6.42 Å². The highest BCUT2D eigenvalue weighted by atomic mass is 19.4. The molecule has 2 nitrogen and oxygen atoms in total. The van der Waals surface area contributed by atoms with Crippen molar-refractivity contribution in [3.8, 4) is 0 Å². The lowest BCUT2D eigenvalue weighted by molar-refractivity contribution is -0.137. The first kappa shape index (κ1) is 15.2. The summed E-state index contributed by atoms with van der Waals surface area (Å²) >= 11 is 0. The number of alkyl halides is 3. The van der Waals surface area contributed by atoms with Crippen LogP contribution in [-0.2, 0) is 6.18 Å². The molecule has 1 heterocycles. The third kappa shape index (κ3) is 4.40. The van der Waals surface area contributed by atoms with Gasteiger partial charge in [0.1, 0.15) is 0 Å². The number of piperidine rings is 1. The van der Waals surface area contributed by atoms with Gasteiger partial charge in [0.25, 0.3) is 0 Å². The van der Waals surface area contributed by atoms with Crippen molar-refractivity contribution in [1.82, 2.24) is 5.32 Å². The molecule has 2 rings (SSSR count). The number of rotatable bonds is 4. The smallest absolute Gasteiger partial charge is 0.383 e. The zero-order valence-electron chi connectivity index (χ0n) is 11.6. The molecule has 2 N–H and O–H groups in total. The van der Waals surface area contributed by atoms with E-state index in [9.17, 15) is 13.2 Å². The second-order valence-corrected chi connectivity index (χ2v) is 5.50. The van der Waals surface area contributed by atoms with Gasteiger partial charge >= 0.3 is 6.18 Å². The van der Waals surface area contributed by atoms with Crippen molar-refractivity contribution in [3.63, 3.8) is 0 Å². The van der Waals surface area contributed by atoms with Crippen molar-refractivity contribution in [3.05, 3.63) is 29.8 Å². The summed E-state index contributed by atoms with van der Waals surface area (Å²) in [7, 11) is 0. The van der Waals surface area contributed by atoms with E-state index in [4.69, 9.17) is 0 Å². The van der Waals surface area contributed by atoms with E-state index in [0.29, 0.717) is 6.04 Å². The Bertz CT molecular complexity index is 408. The molecule has 0 aliphatic carbocycles. The molecule has 2 unspecified atom stereocenters. The highest BCUT2D eigenvalue weighted by molar-refractivity contribution is 5.45. The fraction of sp³-hybridized carbons (Fsp3) is 0.600. The molecule has 5 heteroatoms. The van der Waals surface area contributed by atoms with Gasteiger partial charge in [0.15, 0.2) is 0 Å². The topological polar surface area (TPSA) is 24.1 Å². The molecular formula is C15H21F3N2. The van der Waals surface area contributed by atoms with Gasteiger partial charge in [0.05, 0.1) is 5.56 Å². The summed E-state index contributed by atoms with van der Waals surface area (Å²) < 4.78 is 37.4. The third-order valence-electron chi connectivity index (χ3n) is 3.68. The maximum Gasteiger partial charge on any atom is 0.416 e. The van der Waals surface area contributed by atoms with Gasteiger partial charge in [-0.2, -0.15) is 13.2 Å². The highest BCUT2D eigenvalue weighted by Gasteiger charge is 2.30. The van der Waals surface area contributed by atoms with Crippen molar-refractivity contribution >= 4 is 5.69 Å². The Kier molecular flexibility index (Phi) is 4.91. The number of hydrogen-bond acceptors (Lipinski definition) is 2. The van der Waals surface area contributed by atoms with E-state index in [1.807, 2.05) is 0 Å². The van der Waals surface area contributed by atoms with Crippen molar-refractivity contribution in [2.24, 2.45) is 0 Å². The zero-order chi connectivity index (χ0) is 14.6. The summed E-state index contributed by atoms with van der Waals surface area (Å²) in [6.07, 6.45) is 0.387. The van der Waals surface area contributed by atoms with Gasteiger partial charge in [-0.15, -0.1) is 0 Å². The van der Waals surface area contributed by atoms with Crippen LogP contribution in [0.15, 0.2) is 24.3 Å². The molecule has 0 aromatic heterocycles. The first-order chi connectivity index (χ1) is 9.45. The maximum atomic E-state index is 12.5. The van der Waals surface area contributed by atoms with Crippen molar-refractivity contribution < 1.29 is 13.2 Å². The lowest BCUT2D eigenvalue weighted by Gasteiger charge is -2.27. The predicted molar refractivity (Wildman–Crippen MR) is 74.8 cm³/mol. The Morgan fingerprint density at radius 1 is 1.25 bits per heavy atom. The second kappa shape index (κ2) is 6.48. The molecule has 112 valence electrons. The van der Waals surface area contributed by atoms with Crippen molar-refractivity contribution in [2.45, 2.75) is 50.9 Å². The molecule has 1 aromatic carbocycles. The molecular weight excluding hydrogens is 265 g/mol. The minimum atomic E-state index is -4.27. The molecule has 0 amide bonds. The van der Waals surface area contributed by atoms with E-state index in [2.05, 4.69) is 17.6 Å². The predicted octanol–water partition coefficient (Wildman–Crippen LogP) is 4.04. The average molecular weight is 286 g/mol. The van der Waals surface area contributed by atoms with Gasteiger partial charge < -0.3 is 10.6 Å². The van der Waals surface area contributed by atoms with Gasteiger partial charge in [0, 0.05) is 17.8 Å². The molecule has 0 radical (unpaired) electrons. The summed E-state index contributed by atoms with van der Waals surface area (Å²) in [5.41, 5.74) is 0.131. The number of anilines is 1. The van der Waals surface area contributed by atoms with Crippen LogP contribution < -0.4 is 10.6 Å². The van der Waals surface area contributed by atoms with Crippen LogP contribution in [0.1, 0.15) is 38.2 Å². The lowest BCUT2D eigenvalue weighted by atomic mass is 9.98. The largest absolute Gasteiger partial charge is 0.416 e. The fourth-order valence-electron chi connectivity index (χ4n) is 2.65. The van der Waals surface area contributed by atoms with Gasteiger partial charge in [0.2, 0.25) is 0 Å². The van der Waals surface area contributed by atoms with E-state index in [1.165, 1.54) is 31.4 Å². The molecule has 1 saturated heterocycles. The normalized spacial score (nSPS) is 21.5. The van der Waals surface area contributed by atoms with Crippen LogP contribution in [0.4, 0.5) is 18.9 Å². The molecule has 0 bridgehead atoms. The molecule has 1 aliphatic heterocycles. The highest BCUT2D eigenvalue weighted by Crippen LogP contribution is 2.30. The third-order valence-corrected chi connectivity index (χ3v) is 3.68. The Hall–Kier alpha value is -1.23. The minimum Gasteiger partial charge on any atom is -0.383 e. The number of nitrogens with one attached hydrogen (secondary N) is 2. The molecule has 20 heavy (non-hydrogen) atoms. The summed E-state index contributed by atoms with van der Waals surface area (Å²) in [5, 5.41) is 6.74. The molecule has 1 fully saturated rings. The van der Waals surface area contributed by atoms with Gasteiger partial charge in [-0.05, 0) is 57.0 Å². The molecule has 1 aromatic rings. The first-order valence-electron chi connectivity index (χ1n) is 7.12. The Morgan fingerprint density at radius 3 is 2.50 bits per heavy atom. The van der Waals surface area contributed by atoms with Crippen LogP contribution in [0, 0.1) is 0 Å². The Labute approximate surface area is 117 Å². The van der Waals surface area contributed by atoms with Crippen molar-refractivity contribution in [1.29, 1.82) is 0 Å². The minimum absolute atomic E-state index is 0.238. The first-order valence-corrected chi connectivity index (χ1v) is 7.12. The quantitative estimate of drug-likeness (QED) is 0.873. The number of hydrogen-bond donors (Lipinski definition) is 2. The van der Waals surface area contributed by atoms with Crippen LogP contribution in [0.2, 0.25) is 0 Å². The average Bonchev–Trinajstić information content (AvgIpc) is 2.39. The SMILES string of the molecule is CC(CC1CCCCN1)Nc1ccc(C(F)(F)F)cc1. The summed E-state index contributed by atoms with van der Waals surface area (Å²) in [5.74, 6) is 0. The lowest BCUT2D eigenvalue weighted by Crippen LogP contribution is -2.37. The Morgan fingerprint density at radius 2 is 1.95 bits per heavy atom. The Balaban J connectivity index is 1.86. The van der Waals surface area contributed by atoms with Gasteiger partial charge in [-0.3, -0.25) is 0 Å².